The molecule has 156 valence electrons. The number of aliphatic carboxylic acids is 1. The molecule has 29 heavy (non-hydrogen) atoms. The van der Waals surface area contributed by atoms with E-state index in [0.717, 1.165) is 0 Å². The van der Waals surface area contributed by atoms with Gasteiger partial charge in [0.1, 0.15) is 25.1 Å². The van der Waals surface area contributed by atoms with Gasteiger partial charge in [-0.2, -0.15) is 4.31 Å². The number of nitrogens with zero attached hydrogens (tertiary/aromatic N) is 2. The van der Waals surface area contributed by atoms with E-state index in [-0.39, 0.29) is 23.8 Å². The summed E-state index contributed by atoms with van der Waals surface area (Å²) in [5.74, 6) is -2.22. The SMILES string of the molecule is C=C(F)C[C@@H](C(=O)O)N(Cc1cccnc1)S(=O)(=O)c1ccc(OCCF)cc1. The summed E-state index contributed by atoms with van der Waals surface area (Å²) in [7, 11) is -4.34. The van der Waals surface area contributed by atoms with Crippen LogP contribution < -0.4 is 4.74 Å². The Hall–Kier alpha value is -2.85. The molecule has 10 heteroatoms. The molecule has 2 aromatic rings. The van der Waals surface area contributed by atoms with Crippen LogP contribution in [0.25, 0.3) is 0 Å². The molecule has 0 aliphatic heterocycles. The lowest BCUT2D eigenvalue weighted by atomic mass is 10.2. The van der Waals surface area contributed by atoms with Crippen LogP contribution in [0.4, 0.5) is 8.78 Å². The second-order valence-corrected chi connectivity index (χ2v) is 7.89. The van der Waals surface area contributed by atoms with E-state index in [1.54, 1.807) is 12.1 Å². The van der Waals surface area contributed by atoms with Crippen molar-refractivity contribution in [2.24, 2.45) is 0 Å². The van der Waals surface area contributed by atoms with Crippen molar-refractivity contribution < 1.29 is 31.8 Å². The average Bonchev–Trinajstić information content (AvgIpc) is 2.69. The highest BCUT2D eigenvalue weighted by molar-refractivity contribution is 7.89. The number of carbonyl (C=O) groups is 1. The maximum atomic E-state index is 13.4. The number of halogens is 2. The number of rotatable bonds is 11. The molecule has 0 fully saturated rings. The lowest BCUT2D eigenvalue weighted by molar-refractivity contribution is -0.141. The van der Waals surface area contributed by atoms with Crippen molar-refractivity contribution in [1.82, 2.24) is 9.29 Å². The van der Waals surface area contributed by atoms with Gasteiger partial charge in [-0.15, -0.1) is 0 Å². The molecule has 0 saturated heterocycles. The molecule has 2 rings (SSSR count). The quantitative estimate of drug-likeness (QED) is 0.593. The zero-order valence-corrected chi connectivity index (χ0v) is 16.2. The highest BCUT2D eigenvalue weighted by Gasteiger charge is 2.36. The van der Waals surface area contributed by atoms with Crippen molar-refractivity contribution in [3.05, 3.63) is 66.8 Å². The lowest BCUT2D eigenvalue weighted by Crippen LogP contribution is -2.44. The Bertz CT molecular complexity index is 937. The average molecular weight is 426 g/mol. The number of benzene rings is 1. The van der Waals surface area contributed by atoms with Crippen LogP contribution in [0.1, 0.15) is 12.0 Å². The first-order chi connectivity index (χ1) is 13.8. The lowest BCUT2D eigenvalue weighted by Gasteiger charge is -2.28. The third-order valence-electron chi connectivity index (χ3n) is 3.88. The minimum atomic E-state index is -4.34. The molecule has 0 unspecified atom stereocenters. The highest BCUT2D eigenvalue weighted by atomic mass is 32.2. The summed E-state index contributed by atoms with van der Waals surface area (Å²) in [5.41, 5.74) is 0.426. The van der Waals surface area contributed by atoms with E-state index in [0.29, 0.717) is 9.87 Å². The summed E-state index contributed by atoms with van der Waals surface area (Å²) in [6.45, 7) is 1.83. The Morgan fingerprint density at radius 3 is 2.48 bits per heavy atom. The molecule has 0 bridgehead atoms. The predicted molar refractivity (Wildman–Crippen MR) is 101 cm³/mol. The van der Waals surface area contributed by atoms with E-state index in [4.69, 9.17) is 4.74 Å². The first kappa shape index (κ1) is 22.4. The van der Waals surface area contributed by atoms with Gasteiger partial charge in [-0.05, 0) is 35.9 Å². The van der Waals surface area contributed by atoms with Crippen molar-refractivity contribution in [1.29, 1.82) is 0 Å². The van der Waals surface area contributed by atoms with Crippen LogP contribution in [0.5, 0.6) is 5.75 Å². The standard InChI is InChI=1S/C19H20F2N2O5S/c1-14(21)11-18(19(24)25)23(13-15-3-2-9-22-12-15)29(26,27)17-6-4-16(5-7-17)28-10-8-20/h2-7,9,12,18H,1,8,10-11,13H2,(H,24,25)/t18-/m0/s1. The van der Waals surface area contributed by atoms with E-state index >= 15 is 0 Å². The number of ether oxygens (including phenoxy) is 1. The van der Waals surface area contributed by atoms with Crippen LogP contribution in [-0.2, 0) is 21.4 Å². The van der Waals surface area contributed by atoms with Crippen LogP contribution in [0.15, 0.2) is 66.1 Å². The van der Waals surface area contributed by atoms with E-state index < -0.39 is 41.0 Å². The van der Waals surface area contributed by atoms with Crippen molar-refractivity contribution >= 4 is 16.0 Å². The first-order valence-electron chi connectivity index (χ1n) is 8.51. The molecule has 1 aromatic carbocycles. The van der Waals surface area contributed by atoms with Gasteiger partial charge in [-0.3, -0.25) is 9.78 Å². The van der Waals surface area contributed by atoms with Crippen LogP contribution >= 0.6 is 0 Å². The summed E-state index contributed by atoms with van der Waals surface area (Å²) in [6, 6.07) is 6.52. The Morgan fingerprint density at radius 1 is 1.28 bits per heavy atom. The molecule has 0 spiro atoms. The summed E-state index contributed by atoms with van der Waals surface area (Å²) in [4.78, 5) is 15.4. The minimum Gasteiger partial charge on any atom is -0.491 e. The second-order valence-electron chi connectivity index (χ2n) is 6.00. The molecule has 1 aromatic heterocycles. The Balaban J connectivity index is 2.44. The van der Waals surface area contributed by atoms with Gasteiger partial charge in [0, 0.05) is 25.4 Å². The second kappa shape index (κ2) is 10.1. The summed E-state index contributed by atoms with van der Waals surface area (Å²) >= 11 is 0. The van der Waals surface area contributed by atoms with Crippen LogP contribution in [0.2, 0.25) is 0 Å². The normalized spacial score (nSPS) is 12.5. The fourth-order valence-corrected chi connectivity index (χ4v) is 4.13. The number of alkyl halides is 1. The molecule has 0 amide bonds. The number of aromatic nitrogens is 1. The van der Waals surface area contributed by atoms with Gasteiger partial charge in [-0.1, -0.05) is 12.6 Å². The number of sulfonamides is 1. The van der Waals surface area contributed by atoms with Crippen molar-refractivity contribution in [3.8, 4) is 5.75 Å². The molecule has 0 radical (unpaired) electrons. The van der Waals surface area contributed by atoms with Gasteiger partial charge in [0.25, 0.3) is 0 Å². The highest BCUT2D eigenvalue weighted by Crippen LogP contribution is 2.26. The van der Waals surface area contributed by atoms with Gasteiger partial charge in [0.05, 0.1) is 10.7 Å². The van der Waals surface area contributed by atoms with E-state index in [1.807, 2.05) is 0 Å². The number of carboxylic acids is 1. The van der Waals surface area contributed by atoms with Crippen LogP contribution in [0, 0.1) is 0 Å². The van der Waals surface area contributed by atoms with Crippen molar-refractivity contribution in [2.45, 2.75) is 23.9 Å². The Morgan fingerprint density at radius 2 is 1.97 bits per heavy atom. The third kappa shape index (κ3) is 6.06. The van der Waals surface area contributed by atoms with Gasteiger partial charge < -0.3 is 9.84 Å². The smallest absolute Gasteiger partial charge is 0.322 e. The van der Waals surface area contributed by atoms with E-state index in [2.05, 4.69) is 11.6 Å². The van der Waals surface area contributed by atoms with Gasteiger partial charge in [0.15, 0.2) is 0 Å². The molecular weight excluding hydrogens is 406 g/mol. The van der Waals surface area contributed by atoms with E-state index in [1.165, 1.54) is 36.7 Å². The number of hydrogen-bond acceptors (Lipinski definition) is 5. The number of carboxylic acid groups (broad SMARTS) is 1. The fraction of sp³-hybridized carbons (Fsp3) is 0.263. The van der Waals surface area contributed by atoms with Gasteiger partial charge in [-0.25, -0.2) is 17.2 Å². The third-order valence-corrected chi connectivity index (χ3v) is 5.75. The Labute approximate surface area is 167 Å². The topological polar surface area (TPSA) is 96.8 Å². The summed E-state index contributed by atoms with van der Waals surface area (Å²) in [6.07, 6.45) is 2.17. The van der Waals surface area contributed by atoms with Gasteiger partial charge >= 0.3 is 5.97 Å². The molecule has 7 nitrogen and oxygen atoms in total. The largest absolute Gasteiger partial charge is 0.491 e. The Kier molecular flexibility index (Phi) is 7.80. The summed E-state index contributed by atoms with van der Waals surface area (Å²) in [5, 5.41) is 9.54. The van der Waals surface area contributed by atoms with E-state index in [9.17, 15) is 27.1 Å². The predicted octanol–water partition coefficient (Wildman–Crippen LogP) is 2.95. The zero-order valence-electron chi connectivity index (χ0n) is 15.4. The summed E-state index contributed by atoms with van der Waals surface area (Å²) < 4.78 is 57.8. The van der Waals surface area contributed by atoms with Crippen LogP contribution in [-0.4, -0.2) is 48.1 Å². The molecular formula is C19H20F2N2O5S. The number of hydrogen-bond donors (Lipinski definition) is 1. The maximum absolute atomic E-state index is 13.4. The van der Waals surface area contributed by atoms with Crippen molar-refractivity contribution in [3.63, 3.8) is 0 Å². The monoisotopic (exact) mass is 426 g/mol. The fourth-order valence-electron chi connectivity index (χ4n) is 2.56. The molecule has 0 aliphatic rings. The minimum absolute atomic E-state index is 0.182. The number of pyridine rings is 1. The molecule has 1 atom stereocenters. The van der Waals surface area contributed by atoms with Crippen molar-refractivity contribution in [2.75, 3.05) is 13.3 Å². The first-order valence-corrected chi connectivity index (χ1v) is 9.95. The molecule has 0 aliphatic carbocycles. The maximum Gasteiger partial charge on any atom is 0.322 e. The molecule has 0 saturated carbocycles. The van der Waals surface area contributed by atoms with Crippen LogP contribution in [0.3, 0.4) is 0 Å². The molecule has 1 heterocycles. The molecule has 1 N–H and O–H groups in total. The zero-order chi connectivity index (χ0) is 21.4. The van der Waals surface area contributed by atoms with Gasteiger partial charge in [0.2, 0.25) is 10.0 Å².